The van der Waals surface area contributed by atoms with Gasteiger partial charge in [-0.25, -0.2) is 0 Å². The molecule has 0 saturated heterocycles. The van der Waals surface area contributed by atoms with Crippen molar-refractivity contribution in [3.05, 3.63) is 53.6 Å². The molecule has 0 bridgehead atoms. The third-order valence-electron chi connectivity index (χ3n) is 2.93. The van der Waals surface area contributed by atoms with Gasteiger partial charge in [0.2, 0.25) is 0 Å². The molecule has 1 N–H and O–H groups in total. The highest BCUT2D eigenvalue weighted by Crippen LogP contribution is 2.21. The summed E-state index contributed by atoms with van der Waals surface area (Å²) in [5, 5.41) is 12.3. The number of phenolic OH excluding ortho intramolecular Hbond substituents is 1. The van der Waals surface area contributed by atoms with Gasteiger partial charge in [-0.2, -0.15) is 0 Å². The number of hydrogen-bond acceptors (Lipinski definition) is 2. The van der Waals surface area contributed by atoms with Crippen LogP contribution in [0.3, 0.4) is 0 Å². The fourth-order valence-corrected chi connectivity index (χ4v) is 3.32. The highest BCUT2D eigenvalue weighted by atomic mass is 31.1. The van der Waals surface area contributed by atoms with Crippen LogP contribution in [0.2, 0.25) is 0 Å². The summed E-state index contributed by atoms with van der Waals surface area (Å²) in [6.45, 7) is 2.98. The second-order valence-electron chi connectivity index (χ2n) is 5.04. The molecule has 0 aliphatic carbocycles. The smallest absolute Gasteiger partial charge is 0.123 e. The molecular formula is C16H20NOP. The van der Waals surface area contributed by atoms with Crippen LogP contribution in [0.15, 0.2) is 42.5 Å². The van der Waals surface area contributed by atoms with Crippen LogP contribution in [0.1, 0.15) is 11.1 Å². The zero-order valence-corrected chi connectivity index (χ0v) is 12.6. The first-order valence-electron chi connectivity index (χ1n) is 6.35. The van der Waals surface area contributed by atoms with Crippen LogP contribution < -0.4 is 10.6 Å². The maximum atomic E-state index is 9.97. The maximum Gasteiger partial charge on any atom is 0.123 e. The summed E-state index contributed by atoms with van der Waals surface area (Å²) in [6, 6.07) is 14.2. The third-order valence-corrected chi connectivity index (χ3v) is 4.35. The van der Waals surface area contributed by atoms with Crippen LogP contribution in [0.4, 0.5) is 0 Å². The van der Waals surface area contributed by atoms with Gasteiger partial charge in [-0.3, -0.25) is 0 Å². The first-order chi connectivity index (χ1) is 9.06. The lowest BCUT2D eigenvalue weighted by Crippen LogP contribution is -2.17. The average molecular weight is 273 g/mol. The number of phenols is 1. The zero-order chi connectivity index (χ0) is 13.8. The molecule has 0 aliphatic heterocycles. The van der Waals surface area contributed by atoms with Gasteiger partial charge in [0.1, 0.15) is 5.75 Å². The Bertz CT molecular complexity index is 566. The summed E-state index contributed by atoms with van der Waals surface area (Å²) in [6.07, 6.45) is 0. The van der Waals surface area contributed by atoms with Crippen molar-refractivity contribution in [3.8, 4) is 5.75 Å². The van der Waals surface area contributed by atoms with E-state index in [0.717, 1.165) is 11.8 Å². The second kappa shape index (κ2) is 6.18. The van der Waals surface area contributed by atoms with Gasteiger partial charge in [0.25, 0.3) is 0 Å². The van der Waals surface area contributed by atoms with E-state index in [1.165, 1.54) is 16.4 Å². The number of aromatic hydroxyl groups is 1. The SMILES string of the molecule is Cc1ccc(O)c(Pc2ccccc2CN(C)C)c1. The Balaban J connectivity index is 2.30. The van der Waals surface area contributed by atoms with E-state index in [0.29, 0.717) is 14.3 Å². The Labute approximate surface area is 116 Å². The first kappa shape index (κ1) is 14.0. The van der Waals surface area contributed by atoms with E-state index in [4.69, 9.17) is 0 Å². The molecule has 0 amide bonds. The van der Waals surface area contributed by atoms with Gasteiger partial charge in [0.05, 0.1) is 0 Å². The second-order valence-corrected chi connectivity index (χ2v) is 6.37. The van der Waals surface area contributed by atoms with Crippen LogP contribution in [0.25, 0.3) is 0 Å². The Morgan fingerprint density at radius 3 is 2.53 bits per heavy atom. The molecule has 0 radical (unpaired) electrons. The molecule has 2 aromatic rings. The molecule has 1 atom stereocenters. The van der Waals surface area contributed by atoms with Crippen LogP contribution in [-0.2, 0) is 6.54 Å². The molecule has 100 valence electrons. The van der Waals surface area contributed by atoms with E-state index in [-0.39, 0.29) is 0 Å². The summed E-state index contributed by atoms with van der Waals surface area (Å²) in [4.78, 5) is 2.17. The van der Waals surface area contributed by atoms with Crippen LogP contribution in [0, 0.1) is 6.92 Å². The van der Waals surface area contributed by atoms with Gasteiger partial charge in [-0.05, 0) is 44.0 Å². The molecule has 2 rings (SSSR count). The molecule has 0 spiro atoms. The lowest BCUT2D eigenvalue weighted by Gasteiger charge is -2.15. The topological polar surface area (TPSA) is 23.5 Å². The van der Waals surface area contributed by atoms with Gasteiger partial charge >= 0.3 is 0 Å². The van der Waals surface area contributed by atoms with Crippen molar-refractivity contribution >= 4 is 19.2 Å². The summed E-state index contributed by atoms with van der Waals surface area (Å²) in [5.41, 5.74) is 2.51. The van der Waals surface area contributed by atoms with Crippen molar-refractivity contribution in [1.29, 1.82) is 0 Å². The van der Waals surface area contributed by atoms with Gasteiger partial charge in [0.15, 0.2) is 0 Å². The number of rotatable bonds is 4. The molecule has 1 unspecified atom stereocenters. The predicted molar refractivity (Wildman–Crippen MR) is 84.3 cm³/mol. The molecule has 2 aromatic carbocycles. The summed E-state index contributed by atoms with van der Waals surface area (Å²) in [7, 11) is 4.64. The monoisotopic (exact) mass is 273 g/mol. The minimum Gasteiger partial charge on any atom is -0.507 e. The third kappa shape index (κ3) is 3.79. The highest BCUT2D eigenvalue weighted by molar-refractivity contribution is 7.55. The van der Waals surface area contributed by atoms with Gasteiger partial charge in [-0.15, -0.1) is 0 Å². The fourth-order valence-electron chi connectivity index (χ4n) is 2.02. The summed E-state index contributed by atoms with van der Waals surface area (Å²) >= 11 is 0. The summed E-state index contributed by atoms with van der Waals surface area (Å²) < 4.78 is 0. The fraction of sp³-hybridized carbons (Fsp3) is 0.250. The van der Waals surface area contributed by atoms with Crippen LogP contribution >= 0.6 is 8.58 Å². The van der Waals surface area contributed by atoms with E-state index in [1.807, 2.05) is 6.07 Å². The predicted octanol–water partition coefficient (Wildman–Crippen LogP) is 2.39. The molecule has 0 aromatic heterocycles. The molecule has 0 saturated carbocycles. The van der Waals surface area contributed by atoms with Crippen molar-refractivity contribution in [2.24, 2.45) is 0 Å². The van der Waals surface area contributed by atoms with Crippen molar-refractivity contribution in [2.75, 3.05) is 14.1 Å². The van der Waals surface area contributed by atoms with E-state index in [2.05, 4.69) is 56.3 Å². The molecule has 0 aliphatic rings. The largest absolute Gasteiger partial charge is 0.507 e. The first-order valence-corrected chi connectivity index (χ1v) is 7.35. The number of benzene rings is 2. The Morgan fingerprint density at radius 1 is 1.05 bits per heavy atom. The normalized spacial score (nSPS) is 11.6. The van der Waals surface area contributed by atoms with E-state index >= 15 is 0 Å². The highest BCUT2D eigenvalue weighted by Gasteiger charge is 2.07. The van der Waals surface area contributed by atoms with Crippen molar-refractivity contribution in [2.45, 2.75) is 13.5 Å². The minimum atomic E-state index is 0.392. The van der Waals surface area contributed by atoms with Crippen LogP contribution in [-0.4, -0.2) is 24.1 Å². The Morgan fingerprint density at radius 2 is 1.79 bits per heavy atom. The molecule has 0 fully saturated rings. The van der Waals surface area contributed by atoms with Crippen LogP contribution in [0.5, 0.6) is 5.75 Å². The van der Waals surface area contributed by atoms with Crippen molar-refractivity contribution in [1.82, 2.24) is 4.90 Å². The zero-order valence-electron chi connectivity index (χ0n) is 11.6. The van der Waals surface area contributed by atoms with E-state index in [9.17, 15) is 5.11 Å². The lowest BCUT2D eigenvalue weighted by atomic mass is 10.2. The molecule has 2 nitrogen and oxygen atoms in total. The average Bonchev–Trinajstić information content (AvgIpc) is 2.35. The number of hydrogen-bond donors (Lipinski definition) is 1. The Hall–Kier alpha value is -1.37. The van der Waals surface area contributed by atoms with E-state index in [1.54, 1.807) is 6.07 Å². The van der Waals surface area contributed by atoms with Gasteiger partial charge in [-0.1, -0.05) is 44.5 Å². The van der Waals surface area contributed by atoms with Gasteiger partial charge < -0.3 is 10.0 Å². The molecule has 3 heteroatoms. The van der Waals surface area contributed by atoms with E-state index < -0.39 is 0 Å². The summed E-state index contributed by atoms with van der Waals surface area (Å²) in [5.74, 6) is 0.392. The molecule has 19 heavy (non-hydrogen) atoms. The Kier molecular flexibility index (Phi) is 4.57. The number of aryl methyl sites for hydroxylation is 1. The van der Waals surface area contributed by atoms with Gasteiger partial charge in [0, 0.05) is 11.8 Å². The standard InChI is InChI=1S/C16H20NOP/c1-12-8-9-14(18)16(10-12)19-15-7-5-4-6-13(15)11-17(2)3/h4-10,18-19H,11H2,1-3H3. The molecule has 0 heterocycles. The van der Waals surface area contributed by atoms with Crippen molar-refractivity contribution < 1.29 is 5.11 Å². The minimum absolute atomic E-state index is 0.392. The quantitative estimate of drug-likeness (QED) is 0.865. The molecular weight excluding hydrogens is 253 g/mol. The maximum absolute atomic E-state index is 9.97. The lowest BCUT2D eigenvalue weighted by molar-refractivity contribution is 0.403. The van der Waals surface area contributed by atoms with Crippen molar-refractivity contribution in [3.63, 3.8) is 0 Å². The number of nitrogens with zero attached hydrogens (tertiary/aromatic N) is 1.